The number of alkyl halides is 3. The molecule has 1 fully saturated rings. The van der Waals surface area contributed by atoms with E-state index in [9.17, 15) is 23.1 Å². The Kier molecular flexibility index (Phi) is 5.95. The number of halogens is 4. The van der Waals surface area contributed by atoms with Gasteiger partial charge in [-0.3, -0.25) is 14.7 Å². The Morgan fingerprint density at radius 3 is 2.75 bits per heavy atom. The Labute approximate surface area is 166 Å². The first-order chi connectivity index (χ1) is 13.2. The summed E-state index contributed by atoms with van der Waals surface area (Å²) < 4.78 is 40.2. The first kappa shape index (κ1) is 20.6. The number of likely N-dealkylation sites (tertiary alicyclic amines) is 1. The molecule has 8 heteroatoms. The van der Waals surface area contributed by atoms with Crippen LogP contribution in [0.3, 0.4) is 0 Å². The van der Waals surface area contributed by atoms with E-state index in [4.69, 9.17) is 11.6 Å². The molecule has 1 aliphatic heterocycles. The number of pyridine rings is 1. The molecule has 1 aromatic carbocycles. The first-order valence-electron chi connectivity index (χ1n) is 8.92. The van der Waals surface area contributed by atoms with Crippen molar-refractivity contribution in [3.05, 3.63) is 63.9 Å². The van der Waals surface area contributed by atoms with Crippen molar-refractivity contribution in [2.45, 2.75) is 32.0 Å². The highest BCUT2D eigenvalue weighted by Gasteiger charge is 2.36. The van der Waals surface area contributed by atoms with Crippen LogP contribution < -0.4 is 0 Å². The zero-order chi connectivity index (χ0) is 20.5. The average molecular weight is 413 g/mol. The van der Waals surface area contributed by atoms with Gasteiger partial charge in [0.1, 0.15) is 0 Å². The van der Waals surface area contributed by atoms with Gasteiger partial charge in [-0.2, -0.15) is 13.2 Å². The van der Waals surface area contributed by atoms with Gasteiger partial charge in [0.15, 0.2) is 0 Å². The first-order valence-corrected chi connectivity index (χ1v) is 9.30. The molecular weight excluding hydrogens is 393 g/mol. The van der Waals surface area contributed by atoms with Crippen LogP contribution in [0, 0.1) is 12.8 Å². The lowest BCUT2D eigenvalue weighted by Gasteiger charge is -2.38. The predicted molar refractivity (Wildman–Crippen MR) is 99.2 cm³/mol. The molecule has 2 aromatic rings. The van der Waals surface area contributed by atoms with Crippen LogP contribution in [-0.2, 0) is 11.0 Å². The summed E-state index contributed by atoms with van der Waals surface area (Å²) in [6.45, 7) is 2.71. The van der Waals surface area contributed by atoms with Gasteiger partial charge in [-0.05, 0) is 61.2 Å². The maximum absolute atomic E-state index is 13.4. The van der Waals surface area contributed by atoms with Crippen LogP contribution in [-0.4, -0.2) is 34.0 Å². The van der Waals surface area contributed by atoms with Gasteiger partial charge in [0.25, 0.3) is 0 Å². The van der Waals surface area contributed by atoms with E-state index in [-0.39, 0.29) is 11.6 Å². The standard InChI is InChI=1S/C20H20ClF3N2O2/c1-12-10-25-7-6-15(12)18(26-8-2-3-14(11-26)19(27)28)13-4-5-17(21)16(9-13)20(22,23)24/h4-7,9-10,14,18H,2-3,8,11H2,1H3,(H,27,28). The number of piperidine rings is 1. The Morgan fingerprint density at radius 1 is 1.36 bits per heavy atom. The topological polar surface area (TPSA) is 53.4 Å². The summed E-state index contributed by atoms with van der Waals surface area (Å²) in [6, 6.07) is 5.15. The number of nitrogens with zero attached hydrogens (tertiary/aromatic N) is 2. The Hall–Kier alpha value is -2.12. The zero-order valence-corrected chi connectivity index (χ0v) is 16.0. The van der Waals surface area contributed by atoms with Crippen LogP contribution in [0.5, 0.6) is 0 Å². The number of aromatic nitrogens is 1. The lowest BCUT2D eigenvalue weighted by atomic mass is 9.89. The second kappa shape index (κ2) is 8.09. The third-order valence-electron chi connectivity index (χ3n) is 5.14. The van der Waals surface area contributed by atoms with Crippen molar-refractivity contribution in [3.63, 3.8) is 0 Å². The smallest absolute Gasteiger partial charge is 0.417 e. The summed E-state index contributed by atoms with van der Waals surface area (Å²) in [7, 11) is 0. The zero-order valence-electron chi connectivity index (χ0n) is 15.2. The monoisotopic (exact) mass is 412 g/mol. The van der Waals surface area contributed by atoms with E-state index < -0.39 is 29.7 Å². The summed E-state index contributed by atoms with van der Waals surface area (Å²) in [6.07, 6.45) is -0.105. The Morgan fingerprint density at radius 2 is 2.11 bits per heavy atom. The number of carboxylic acids is 1. The van der Waals surface area contributed by atoms with E-state index in [1.807, 2.05) is 11.8 Å². The second-order valence-corrected chi connectivity index (χ2v) is 7.45. The lowest BCUT2D eigenvalue weighted by Crippen LogP contribution is -2.41. The highest BCUT2D eigenvalue weighted by atomic mass is 35.5. The van der Waals surface area contributed by atoms with Crippen LogP contribution in [0.25, 0.3) is 0 Å². The van der Waals surface area contributed by atoms with Crippen LogP contribution in [0.2, 0.25) is 5.02 Å². The summed E-state index contributed by atoms with van der Waals surface area (Å²) in [5.74, 6) is -1.44. The van der Waals surface area contributed by atoms with Gasteiger partial charge in [-0.15, -0.1) is 0 Å². The van der Waals surface area contributed by atoms with Gasteiger partial charge in [0.2, 0.25) is 0 Å². The maximum Gasteiger partial charge on any atom is 0.417 e. The van der Waals surface area contributed by atoms with Crippen molar-refractivity contribution in [2.24, 2.45) is 5.92 Å². The molecule has 0 bridgehead atoms. The van der Waals surface area contributed by atoms with Gasteiger partial charge in [0, 0.05) is 18.9 Å². The summed E-state index contributed by atoms with van der Waals surface area (Å²) >= 11 is 5.79. The fraction of sp³-hybridized carbons (Fsp3) is 0.400. The number of carbonyl (C=O) groups is 1. The third kappa shape index (κ3) is 4.31. The molecule has 0 saturated carbocycles. The minimum absolute atomic E-state index is 0.270. The molecule has 4 nitrogen and oxygen atoms in total. The molecule has 0 amide bonds. The van der Waals surface area contributed by atoms with E-state index in [0.717, 1.165) is 17.2 Å². The molecular formula is C20H20ClF3N2O2. The van der Waals surface area contributed by atoms with Crippen molar-refractivity contribution >= 4 is 17.6 Å². The van der Waals surface area contributed by atoms with Gasteiger partial charge < -0.3 is 5.11 Å². The van der Waals surface area contributed by atoms with E-state index in [0.29, 0.717) is 24.9 Å². The van der Waals surface area contributed by atoms with Crippen LogP contribution in [0.15, 0.2) is 36.7 Å². The molecule has 28 heavy (non-hydrogen) atoms. The molecule has 1 N–H and O–H groups in total. The minimum Gasteiger partial charge on any atom is -0.481 e. The third-order valence-corrected chi connectivity index (χ3v) is 5.47. The largest absolute Gasteiger partial charge is 0.481 e. The molecule has 0 spiro atoms. The van der Waals surface area contributed by atoms with Gasteiger partial charge >= 0.3 is 12.1 Å². The number of rotatable bonds is 4. The fourth-order valence-corrected chi connectivity index (χ4v) is 3.98. The van der Waals surface area contributed by atoms with Crippen molar-refractivity contribution in [1.29, 1.82) is 0 Å². The molecule has 2 heterocycles. The molecule has 1 saturated heterocycles. The van der Waals surface area contributed by atoms with Crippen molar-refractivity contribution in [3.8, 4) is 0 Å². The maximum atomic E-state index is 13.4. The van der Waals surface area contributed by atoms with E-state index in [1.54, 1.807) is 24.5 Å². The quantitative estimate of drug-likeness (QED) is 0.772. The highest BCUT2D eigenvalue weighted by Crippen LogP contribution is 2.40. The van der Waals surface area contributed by atoms with E-state index in [1.165, 1.54) is 6.07 Å². The minimum atomic E-state index is -4.57. The number of carboxylic acid groups (broad SMARTS) is 1. The molecule has 1 aliphatic rings. The van der Waals surface area contributed by atoms with Crippen molar-refractivity contribution in [1.82, 2.24) is 9.88 Å². The summed E-state index contributed by atoms with van der Waals surface area (Å²) in [5.41, 5.74) is 1.16. The molecule has 1 aromatic heterocycles. The summed E-state index contributed by atoms with van der Waals surface area (Å²) in [5, 5.41) is 9.06. The SMILES string of the molecule is Cc1cnccc1C(c1ccc(Cl)c(C(F)(F)F)c1)N1CCCC(C(=O)O)C1. The normalized spacial score (nSPS) is 19.4. The number of hydrogen-bond donors (Lipinski definition) is 1. The molecule has 0 radical (unpaired) electrons. The van der Waals surface area contributed by atoms with Crippen molar-refractivity contribution in [2.75, 3.05) is 13.1 Å². The average Bonchev–Trinajstić information content (AvgIpc) is 2.64. The molecule has 150 valence electrons. The van der Waals surface area contributed by atoms with Gasteiger partial charge in [0.05, 0.1) is 22.5 Å². The lowest BCUT2D eigenvalue weighted by molar-refractivity contribution is -0.143. The predicted octanol–water partition coefficient (Wildman–Crippen LogP) is 4.95. The van der Waals surface area contributed by atoms with Crippen LogP contribution >= 0.6 is 11.6 Å². The van der Waals surface area contributed by atoms with E-state index in [2.05, 4.69) is 4.98 Å². The number of aliphatic carboxylic acids is 1. The number of hydrogen-bond acceptors (Lipinski definition) is 3. The molecule has 2 unspecified atom stereocenters. The van der Waals surface area contributed by atoms with Crippen LogP contribution in [0.1, 0.15) is 41.1 Å². The highest BCUT2D eigenvalue weighted by molar-refractivity contribution is 6.31. The number of aryl methyl sites for hydroxylation is 1. The fourth-order valence-electron chi connectivity index (χ4n) is 3.75. The molecule has 2 atom stereocenters. The van der Waals surface area contributed by atoms with Crippen molar-refractivity contribution < 1.29 is 23.1 Å². The van der Waals surface area contributed by atoms with Gasteiger partial charge in [-0.25, -0.2) is 0 Å². The van der Waals surface area contributed by atoms with E-state index >= 15 is 0 Å². The van der Waals surface area contributed by atoms with Crippen LogP contribution in [0.4, 0.5) is 13.2 Å². The summed E-state index contributed by atoms with van der Waals surface area (Å²) in [4.78, 5) is 17.5. The molecule has 3 rings (SSSR count). The second-order valence-electron chi connectivity index (χ2n) is 7.04. The molecule has 0 aliphatic carbocycles. The number of benzene rings is 1. The Balaban J connectivity index is 2.10. The van der Waals surface area contributed by atoms with Gasteiger partial charge in [-0.1, -0.05) is 17.7 Å². The Bertz CT molecular complexity index is 873.